The van der Waals surface area contributed by atoms with Gasteiger partial charge in [0.1, 0.15) is 0 Å². The Morgan fingerprint density at radius 2 is 1.59 bits per heavy atom. The molecule has 4 aliphatic carbocycles. The van der Waals surface area contributed by atoms with E-state index in [1.807, 2.05) is 6.92 Å². The summed E-state index contributed by atoms with van der Waals surface area (Å²) in [5.41, 5.74) is 10.4. The molecule has 9 atom stereocenters. The lowest BCUT2D eigenvalue weighted by Gasteiger charge is -2.61. The summed E-state index contributed by atoms with van der Waals surface area (Å²) in [7, 11) is 0. The number of halogens is 4. The van der Waals surface area contributed by atoms with E-state index in [0.717, 1.165) is 54.7 Å². The van der Waals surface area contributed by atoms with Gasteiger partial charge in [0, 0.05) is 11.4 Å². The maximum absolute atomic E-state index is 14.9. The number of nitrogen functional groups attached to an aromatic ring is 2. The number of rotatable bonds is 10. The third-order valence-electron chi connectivity index (χ3n) is 14.2. The highest BCUT2D eigenvalue weighted by Gasteiger charge is 2.61. The highest BCUT2D eigenvalue weighted by molar-refractivity contribution is 5.58. The van der Waals surface area contributed by atoms with Crippen LogP contribution < -0.4 is 11.5 Å². The van der Waals surface area contributed by atoms with Gasteiger partial charge in [0.25, 0.3) is 0 Å². The van der Waals surface area contributed by atoms with E-state index >= 15 is 0 Å². The topological polar surface area (TPSA) is 61.3 Å². The summed E-state index contributed by atoms with van der Waals surface area (Å²) in [6, 6.07) is 3.05. The summed E-state index contributed by atoms with van der Waals surface area (Å²) >= 11 is 0. The van der Waals surface area contributed by atoms with Crippen molar-refractivity contribution < 1.29 is 22.3 Å². The Kier molecular flexibility index (Phi) is 9.19. The van der Waals surface area contributed by atoms with E-state index in [4.69, 9.17) is 16.2 Å². The molecule has 0 heterocycles. The lowest BCUT2D eigenvalue weighted by atomic mass is 9.44. The molecule has 0 spiro atoms. The monoisotopic (exact) mass is 622 g/mol. The molecule has 1 aromatic rings. The number of alkyl halides is 4. The lowest BCUT2D eigenvalue weighted by molar-refractivity contribution is -0.357. The van der Waals surface area contributed by atoms with Crippen LogP contribution in [-0.2, 0) is 10.7 Å². The fourth-order valence-corrected chi connectivity index (χ4v) is 10.9. The molecule has 0 aliphatic heterocycles. The maximum atomic E-state index is 14.9. The first-order valence-corrected chi connectivity index (χ1v) is 17.5. The third kappa shape index (κ3) is 5.79. The van der Waals surface area contributed by atoms with Crippen LogP contribution in [0.2, 0.25) is 0 Å². The number of hydrogen-bond donors (Lipinski definition) is 2. The van der Waals surface area contributed by atoms with Crippen LogP contribution in [0.25, 0.3) is 0 Å². The Bertz CT molecular complexity index is 1170. The van der Waals surface area contributed by atoms with Crippen LogP contribution in [0.15, 0.2) is 18.2 Å². The number of nitrogens with two attached hydrogens (primary N) is 2. The number of benzene rings is 1. The summed E-state index contributed by atoms with van der Waals surface area (Å²) in [6.45, 7) is 13.1. The summed E-state index contributed by atoms with van der Waals surface area (Å²) in [6.07, 6.45) is 11.1. The number of ether oxygens (including phenoxy) is 1. The van der Waals surface area contributed by atoms with Crippen LogP contribution in [0.1, 0.15) is 124 Å². The Balaban J connectivity index is 1.17. The summed E-state index contributed by atoms with van der Waals surface area (Å²) < 4.78 is 64.1. The van der Waals surface area contributed by atoms with Crippen molar-refractivity contribution in [3.8, 4) is 0 Å². The van der Waals surface area contributed by atoms with Gasteiger partial charge in [-0.15, -0.1) is 0 Å². The van der Waals surface area contributed by atoms with Gasteiger partial charge in [-0.05, 0) is 140 Å². The number of fused-ring (bicyclic) bond motifs is 5. The Hall–Kier alpha value is -1.50. The highest BCUT2D eigenvalue weighted by Crippen LogP contribution is 2.68. The zero-order valence-corrected chi connectivity index (χ0v) is 28.0. The largest absolute Gasteiger partial charge is 0.424 e. The predicted molar refractivity (Wildman–Crippen MR) is 171 cm³/mol. The van der Waals surface area contributed by atoms with Gasteiger partial charge in [0.05, 0.1) is 12.2 Å². The van der Waals surface area contributed by atoms with Crippen molar-refractivity contribution in [1.82, 2.24) is 0 Å². The van der Waals surface area contributed by atoms with E-state index in [0.29, 0.717) is 22.7 Å². The number of anilines is 2. The smallest absolute Gasteiger partial charge is 0.399 e. The maximum Gasteiger partial charge on any atom is 0.424 e. The average molecular weight is 623 g/mol. The van der Waals surface area contributed by atoms with Crippen molar-refractivity contribution in [1.29, 1.82) is 0 Å². The van der Waals surface area contributed by atoms with Crippen molar-refractivity contribution >= 4 is 11.4 Å². The molecule has 44 heavy (non-hydrogen) atoms. The second-order valence-corrected chi connectivity index (χ2v) is 16.8. The quantitative estimate of drug-likeness (QED) is 0.202. The van der Waals surface area contributed by atoms with Crippen molar-refractivity contribution in [3.63, 3.8) is 0 Å². The minimum absolute atomic E-state index is 0.131. The van der Waals surface area contributed by atoms with E-state index in [2.05, 4.69) is 34.6 Å². The summed E-state index contributed by atoms with van der Waals surface area (Å²) in [4.78, 5) is 0. The fraction of sp³-hybridized carbons (Fsp3) is 0.838. The van der Waals surface area contributed by atoms with Crippen LogP contribution in [-0.4, -0.2) is 12.7 Å². The molecule has 5 rings (SSSR count). The molecular weight excluding hydrogens is 564 g/mol. The molecule has 250 valence electrons. The molecule has 0 saturated heterocycles. The van der Waals surface area contributed by atoms with Gasteiger partial charge in [-0.3, -0.25) is 0 Å². The second-order valence-electron chi connectivity index (χ2n) is 16.8. The first-order chi connectivity index (χ1) is 20.4. The van der Waals surface area contributed by atoms with E-state index in [9.17, 15) is 17.6 Å². The predicted octanol–water partition coefficient (Wildman–Crippen LogP) is 10.7. The Morgan fingerprint density at radius 1 is 0.886 bits per heavy atom. The molecule has 0 radical (unpaired) electrons. The van der Waals surface area contributed by atoms with E-state index in [1.54, 1.807) is 0 Å². The molecule has 0 bridgehead atoms. The van der Waals surface area contributed by atoms with Crippen molar-refractivity contribution in [2.45, 2.75) is 131 Å². The molecule has 2 unspecified atom stereocenters. The van der Waals surface area contributed by atoms with Crippen LogP contribution >= 0.6 is 0 Å². The first kappa shape index (κ1) is 33.9. The lowest BCUT2D eigenvalue weighted by Crippen LogP contribution is -2.53. The standard InChI is InChI=1S/C37H58F4N2O/c1-23(28-14-15-29-27-12-10-25-9-7-8-18-34(25,5)30(27)17-20-35(28,29)6)16-19-33(3,4)24(2)22-44-37(40,41)36(38,39)31-13-11-26(42)21-32(31)43/h11,13,21,23-25,27-30H,7-10,12,14-20,22,42-43H2,1-6H3/t23-,24?,25?,27+,28-,29+,30+,34+,35-/m1/s1. The second kappa shape index (κ2) is 11.9. The SMILES string of the molecule is CC(COC(F)(F)C(F)(F)c1ccc(N)cc1N)C(C)(C)CC[C@@H](C)[C@H]1CC[C@H]2[C@@H]3CCC4CCCC[C@]4(C)[C@H]3CC[C@]12C. The molecule has 3 nitrogen and oxygen atoms in total. The molecular formula is C37H58F4N2O. The highest BCUT2D eigenvalue weighted by atomic mass is 19.3. The van der Waals surface area contributed by atoms with E-state index < -0.39 is 29.9 Å². The third-order valence-corrected chi connectivity index (χ3v) is 14.2. The van der Waals surface area contributed by atoms with E-state index in [1.165, 1.54) is 64.2 Å². The molecule has 7 heteroatoms. The average Bonchev–Trinajstić information content (AvgIpc) is 3.31. The zero-order valence-electron chi connectivity index (χ0n) is 28.0. The normalized spacial score (nSPS) is 35.8. The van der Waals surface area contributed by atoms with Crippen LogP contribution in [0.3, 0.4) is 0 Å². The van der Waals surface area contributed by atoms with E-state index in [-0.39, 0.29) is 17.0 Å². The Morgan fingerprint density at radius 3 is 2.30 bits per heavy atom. The first-order valence-electron chi connectivity index (χ1n) is 17.5. The van der Waals surface area contributed by atoms with Crippen molar-refractivity contribution in [2.75, 3.05) is 18.1 Å². The van der Waals surface area contributed by atoms with Gasteiger partial charge < -0.3 is 16.2 Å². The van der Waals surface area contributed by atoms with Gasteiger partial charge in [-0.2, -0.15) is 17.6 Å². The minimum atomic E-state index is -4.70. The molecule has 4 aliphatic rings. The summed E-state index contributed by atoms with van der Waals surface area (Å²) in [5.74, 6) is -0.159. The molecule has 0 aromatic heterocycles. The molecule has 4 fully saturated rings. The van der Waals surface area contributed by atoms with Gasteiger partial charge in [-0.1, -0.05) is 54.4 Å². The van der Waals surface area contributed by atoms with Crippen LogP contribution in [0.4, 0.5) is 28.9 Å². The van der Waals surface area contributed by atoms with Crippen LogP contribution in [0, 0.1) is 57.7 Å². The molecule has 4 saturated carbocycles. The van der Waals surface area contributed by atoms with Crippen molar-refractivity contribution in [3.05, 3.63) is 23.8 Å². The van der Waals surface area contributed by atoms with Crippen LogP contribution in [0.5, 0.6) is 0 Å². The number of hydrogen-bond acceptors (Lipinski definition) is 3. The van der Waals surface area contributed by atoms with Gasteiger partial charge in [0.15, 0.2) is 0 Å². The molecule has 0 amide bonds. The minimum Gasteiger partial charge on any atom is -0.399 e. The van der Waals surface area contributed by atoms with Crippen molar-refractivity contribution in [2.24, 2.45) is 57.7 Å². The Labute approximate surface area is 263 Å². The van der Waals surface area contributed by atoms with Gasteiger partial charge >= 0.3 is 12.0 Å². The van der Waals surface area contributed by atoms with Gasteiger partial charge in [0.2, 0.25) is 0 Å². The molecule has 1 aromatic carbocycles. The fourth-order valence-electron chi connectivity index (χ4n) is 10.9. The zero-order chi connectivity index (χ0) is 32.3. The van der Waals surface area contributed by atoms with Gasteiger partial charge in [-0.25, -0.2) is 0 Å². The summed E-state index contributed by atoms with van der Waals surface area (Å²) in [5, 5.41) is 0. The molecule has 4 N–H and O–H groups in total.